The Morgan fingerprint density at radius 3 is 2.05 bits per heavy atom. The SMILES string of the molecule is CC(=O)C1(CC(=O)N(c2ccccc2)c2ccccc2C)CCN(C(=O)N(C)c2ccc(F)cc2)CC1. The molecule has 3 amide bonds. The minimum Gasteiger partial charge on any atom is -0.324 e. The van der Waals surface area contributed by atoms with Crippen LogP contribution in [0.4, 0.5) is 26.2 Å². The van der Waals surface area contributed by atoms with Crippen LogP contribution < -0.4 is 9.80 Å². The van der Waals surface area contributed by atoms with Crippen molar-refractivity contribution in [3.63, 3.8) is 0 Å². The highest BCUT2D eigenvalue weighted by Crippen LogP contribution is 2.39. The summed E-state index contributed by atoms with van der Waals surface area (Å²) in [6, 6.07) is 22.7. The molecule has 6 nitrogen and oxygen atoms in total. The van der Waals surface area contributed by atoms with Crippen LogP contribution in [0.25, 0.3) is 0 Å². The van der Waals surface area contributed by atoms with Crippen LogP contribution in [-0.4, -0.2) is 42.8 Å². The Morgan fingerprint density at radius 2 is 1.46 bits per heavy atom. The van der Waals surface area contributed by atoms with Crippen LogP contribution >= 0.6 is 0 Å². The molecule has 0 unspecified atom stereocenters. The molecular weight excluding hydrogens is 469 g/mol. The summed E-state index contributed by atoms with van der Waals surface area (Å²) in [4.78, 5) is 44.8. The van der Waals surface area contributed by atoms with E-state index in [1.807, 2.05) is 61.5 Å². The molecule has 0 spiro atoms. The average Bonchev–Trinajstić information content (AvgIpc) is 2.90. The first-order chi connectivity index (χ1) is 17.7. The third-order valence-corrected chi connectivity index (χ3v) is 7.35. The van der Waals surface area contributed by atoms with Gasteiger partial charge < -0.3 is 4.90 Å². The number of anilines is 3. The second-order valence-electron chi connectivity index (χ2n) is 9.67. The molecule has 3 aromatic rings. The van der Waals surface area contributed by atoms with E-state index in [0.29, 0.717) is 31.6 Å². The molecule has 1 aliphatic heterocycles. The van der Waals surface area contributed by atoms with Crippen molar-refractivity contribution in [3.8, 4) is 0 Å². The van der Waals surface area contributed by atoms with Crippen molar-refractivity contribution in [2.24, 2.45) is 5.41 Å². The molecule has 0 aromatic heterocycles. The van der Waals surface area contributed by atoms with Crippen LogP contribution in [0.5, 0.6) is 0 Å². The highest BCUT2D eigenvalue weighted by atomic mass is 19.1. The van der Waals surface area contributed by atoms with Gasteiger partial charge in [0, 0.05) is 43.3 Å². The van der Waals surface area contributed by atoms with Crippen molar-refractivity contribution in [1.29, 1.82) is 0 Å². The van der Waals surface area contributed by atoms with E-state index in [1.54, 1.807) is 29.0 Å². The maximum absolute atomic E-state index is 13.9. The quantitative estimate of drug-likeness (QED) is 0.409. The molecule has 0 saturated carbocycles. The fourth-order valence-corrected chi connectivity index (χ4v) is 4.94. The number of aryl methyl sites for hydroxylation is 1. The molecule has 0 aliphatic carbocycles. The normalized spacial score (nSPS) is 14.6. The second kappa shape index (κ2) is 10.9. The monoisotopic (exact) mass is 501 g/mol. The van der Waals surface area contributed by atoms with Gasteiger partial charge in [0.05, 0.1) is 5.69 Å². The number of benzene rings is 3. The number of amides is 3. The lowest BCUT2D eigenvalue weighted by molar-refractivity contribution is -0.134. The Bertz CT molecular complexity index is 1270. The largest absolute Gasteiger partial charge is 0.324 e. The van der Waals surface area contributed by atoms with E-state index in [9.17, 15) is 18.8 Å². The average molecular weight is 502 g/mol. The fourth-order valence-electron chi connectivity index (χ4n) is 4.94. The molecule has 1 heterocycles. The van der Waals surface area contributed by atoms with Gasteiger partial charge in [-0.05, 0) is 74.7 Å². The van der Waals surface area contributed by atoms with Crippen molar-refractivity contribution in [2.75, 3.05) is 29.9 Å². The van der Waals surface area contributed by atoms with Gasteiger partial charge in [0.2, 0.25) is 5.91 Å². The summed E-state index contributed by atoms with van der Waals surface area (Å²) in [6.07, 6.45) is 0.850. The van der Waals surface area contributed by atoms with Gasteiger partial charge in [-0.15, -0.1) is 0 Å². The number of halogens is 1. The van der Waals surface area contributed by atoms with E-state index in [0.717, 1.165) is 16.9 Å². The van der Waals surface area contributed by atoms with Gasteiger partial charge in [-0.1, -0.05) is 36.4 Å². The Morgan fingerprint density at radius 1 is 0.865 bits per heavy atom. The van der Waals surface area contributed by atoms with Gasteiger partial charge in [-0.3, -0.25) is 19.4 Å². The number of rotatable bonds is 6. The molecular formula is C30H32FN3O3. The number of Topliss-reactive ketones (excluding diaryl/α,β-unsaturated/α-hetero) is 1. The number of ketones is 1. The third-order valence-electron chi connectivity index (χ3n) is 7.35. The first kappa shape index (κ1) is 26.1. The predicted octanol–water partition coefficient (Wildman–Crippen LogP) is 6.12. The van der Waals surface area contributed by atoms with Crippen LogP contribution in [-0.2, 0) is 9.59 Å². The molecule has 4 rings (SSSR count). The zero-order valence-electron chi connectivity index (χ0n) is 21.5. The van der Waals surface area contributed by atoms with Gasteiger partial charge >= 0.3 is 6.03 Å². The smallest absolute Gasteiger partial charge is 0.324 e. The lowest BCUT2D eigenvalue weighted by atomic mass is 9.72. The summed E-state index contributed by atoms with van der Waals surface area (Å²) < 4.78 is 13.3. The van der Waals surface area contributed by atoms with Crippen LogP contribution in [0.3, 0.4) is 0 Å². The molecule has 3 aromatic carbocycles. The molecule has 1 aliphatic rings. The summed E-state index contributed by atoms with van der Waals surface area (Å²) >= 11 is 0. The van der Waals surface area contributed by atoms with E-state index in [-0.39, 0.29) is 30.0 Å². The van der Waals surface area contributed by atoms with Crippen molar-refractivity contribution in [2.45, 2.75) is 33.1 Å². The Kier molecular flexibility index (Phi) is 7.71. The maximum atomic E-state index is 13.9. The Balaban J connectivity index is 1.53. The topological polar surface area (TPSA) is 60.9 Å². The lowest BCUT2D eigenvalue weighted by Gasteiger charge is -2.41. The summed E-state index contributed by atoms with van der Waals surface area (Å²) in [6.45, 7) is 4.21. The lowest BCUT2D eigenvalue weighted by Crippen LogP contribution is -2.51. The number of para-hydroxylation sites is 2. The minimum absolute atomic E-state index is 0.0439. The van der Waals surface area contributed by atoms with Crippen LogP contribution in [0.15, 0.2) is 78.9 Å². The van der Waals surface area contributed by atoms with Gasteiger partial charge in [-0.2, -0.15) is 0 Å². The zero-order chi connectivity index (χ0) is 26.6. The minimum atomic E-state index is -0.849. The molecule has 37 heavy (non-hydrogen) atoms. The van der Waals surface area contributed by atoms with Crippen molar-refractivity contribution >= 4 is 34.8 Å². The number of piperidine rings is 1. The number of hydrogen-bond acceptors (Lipinski definition) is 3. The van der Waals surface area contributed by atoms with E-state index in [1.165, 1.54) is 24.0 Å². The van der Waals surface area contributed by atoms with E-state index in [4.69, 9.17) is 0 Å². The number of carbonyl (C=O) groups is 3. The molecule has 192 valence electrons. The summed E-state index contributed by atoms with van der Waals surface area (Å²) in [5.74, 6) is -0.565. The van der Waals surface area contributed by atoms with Crippen LogP contribution in [0.2, 0.25) is 0 Å². The maximum Gasteiger partial charge on any atom is 0.324 e. The third kappa shape index (κ3) is 5.56. The fraction of sp³-hybridized carbons (Fsp3) is 0.300. The summed E-state index contributed by atoms with van der Waals surface area (Å²) in [7, 11) is 1.64. The van der Waals surface area contributed by atoms with Gasteiger partial charge in [0.1, 0.15) is 11.6 Å². The van der Waals surface area contributed by atoms with E-state index in [2.05, 4.69) is 0 Å². The Hall–Kier alpha value is -4.00. The summed E-state index contributed by atoms with van der Waals surface area (Å²) in [5.41, 5.74) is 2.22. The molecule has 1 fully saturated rings. The predicted molar refractivity (Wildman–Crippen MR) is 144 cm³/mol. The highest BCUT2D eigenvalue weighted by Gasteiger charge is 2.43. The summed E-state index contributed by atoms with van der Waals surface area (Å²) in [5, 5.41) is 0. The van der Waals surface area contributed by atoms with Crippen molar-refractivity contribution < 1.29 is 18.8 Å². The van der Waals surface area contributed by atoms with Gasteiger partial charge in [0.15, 0.2) is 0 Å². The van der Waals surface area contributed by atoms with Crippen molar-refractivity contribution in [1.82, 2.24) is 4.90 Å². The molecule has 0 radical (unpaired) electrons. The molecule has 1 saturated heterocycles. The Labute approximate surface area is 217 Å². The van der Waals surface area contributed by atoms with Gasteiger partial charge in [-0.25, -0.2) is 9.18 Å². The first-order valence-corrected chi connectivity index (χ1v) is 12.4. The molecule has 0 bridgehead atoms. The highest BCUT2D eigenvalue weighted by molar-refractivity contribution is 6.03. The first-order valence-electron chi connectivity index (χ1n) is 12.4. The number of likely N-dealkylation sites (tertiary alicyclic amines) is 1. The van der Waals surface area contributed by atoms with Gasteiger partial charge in [0.25, 0.3) is 0 Å². The molecule has 0 N–H and O–H groups in total. The number of carbonyl (C=O) groups excluding carboxylic acids is 3. The second-order valence-corrected chi connectivity index (χ2v) is 9.67. The number of urea groups is 1. The molecule has 7 heteroatoms. The van der Waals surface area contributed by atoms with Crippen LogP contribution in [0, 0.1) is 18.2 Å². The zero-order valence-corrected chi connectivity index (χ0v) is 21.5. The number of hydrogen-bond donors (Lipinski definition) is 0. The standard InChI is InChI=1S/C30H32FN3O3/c1-22-9-7-8-12-27(22)34(26-10-5-4-6-11-26)28(36)21-30(23(2)35)17-19-33(20-18-30)29(37)32(3)25-15-13-24(31)14-16-25/h4-16H,17-21H2,1-3H3. The van der Waals surface area contributed by atoms with Crippen molar-refractivity contribution in [3.05, 3.63) is 90.2 Å². The molecule has 0 atom stereocenters. The van der Waals surface area contributed by atoms with Crippen LogP contribution in [0.1, 0.15) is 31.7 Å². The van der Waals surface area contributed by atoms with E-state index >= 15 is 0 Å². The van der Waals surface area contributed by atoms with E-state index < -0.39 is 5.41 Å². The number of nitrogens with zero attached hydrogens (tertiary/aromatic N) is 3.